The van der Waals surface area contributed by atoms with Gasteiger partial charge in [0.15, 0.2) is 0 Å². The highest BCUT2D eigenvalue weighted by Gasteiger charge is 1.97. The van der Waals surface area contributed by atoms with E-state index in [1.165, 1.54) is 25.7 Å². The van der Waals surface area contributed by atoms with Gasteiger partial charge in [0, 0.05) is 13.0 Å². The van der Waals surface area contributed by atoms with Crippen LogP contribution in [-0.4, -0.2) is 24.2 Å². The van der Waals surface area contributed by atoms with Crippen molar-refractivity contribution in [3.8, 4) is 0 Å². The van der Waals surface area contributed by atoms with Crippen LogP contribution in [-0.2, 0) is 4.79 Å². The molecule has 1 amide bonds. The fourth-order valence-electron chi connectivity index (χ4n) is 2.23. The highest BCUT2D eigenvalue weighted by atomic mass is 16.3. The largest absolute Gasteiger partial charge is 0.395 e. The summed E-state index contributed by atoms with van der Waals surface area (Å²) in [6, 6.07) is 0. The molecule has 25 heavy (non-hydrogen) atoms. The van der Waals surface area contributed by atoms with Crippen LogP contribution in [0.5, 0.6) is 0 Å². The number of allylic oxidation sites excluding steroid dienone is 8. The zero-order valence-electron chi connectivity index (χ0n) is 16.0. The third-order valence-electron chi connectivity index (χ3n) is 3.67. The normalized spacial score (nSPS) is 12.2. The van der Waals surface area contributed by atoms with Crippen molar-refractivity contribution in [3.63, 3.8) is 0 Å². The molecule has 0 fully saturated rings. The van der Waals surface area contributed by atoms with E-state index in [0.717, 1.165) is 32.1 Å². The van der Waals surface area contributed by atoms with E-state index in [1.807, 2.05) is 0 Å². The van der Waals surface area contributed by atoms with Crippen molar-refractivity contribution in [2.45, 2.75) is 71.1 Å². The van der Waals surface area contributed by atoms with Crippen LogP contribution in [0.1, 0.15) is 71.1 Å². The summed E-state index contributed by atoms with van der Waals surface area (Å²) >= 11 is 0. The topological polar surface area (TPSA) is 49.3 Å². The number of hydrogen-bond acceptors (Lipinski definition) is 2. The summed E-state index contributed by atoms with van der Waals surface area (Å²) in [5, 5.41) is 11.2. The van der Waals surface area contributed by atoms with E-state index < -0.39 is 0 Å². The number of carbonyl (C=O) groups excluding carboxylic acids is 1. The van der Waals surface area contributed by atoms with Gasteiger partial charge in [-0.3, -0.25) is 4.79 Å². The molecule has 2 N–H and O–H groups in total. The van der Waals surface area contributed by atoms with E-state index in [4.69, 9.17) is 5.11 Å². The summed E-state index contributed by atoms with van der Waals surface area (Å²) in [4.78, 5) is 11.3. The number of aliphatic hydroxyl groups excluding tert-OH is 1. The number of amides is 1. The summed E-state index contributed by atoms with van der Waals surface area (Å²) in [5.74, 6) is 0.0185. The summed E-state index contributed by atoms with van der Waals surface area (Å²) in [6.07, 6.45) is 28.0. The second-order valence-corrected chi connectivity index (χ2v) is 6.05. The summed E-state index contributed by atoms with van der Waals surface area (Å²) < 4.78 is 0. The monoisotopic (exact) mass is 347 g/mol. The first-order chi connectivity index (χ1) is 12.3. The van der Waals surface area contributed by atoms with Crippen molar-refractivity contribution in [1.82, 2.24) is 5.32 Å². The smallest absolute Gasteiger partial charge is 0.220 e. The zero-order chi connectivity index (χ0) is 18.4. The van der Waals surface area contributed by atoms with Gasteiger partial charge in [0.05, 0.1) is 6.61 Å². The molecule has 0 heterocycles. The van der Waals surface area contributed by atoms with Gasteiger partial charge < -0.3 is 10.4 Å². The summed E-state index contributed by atoms with van der Waals surface area (Å²) in [6.45, 7) is 2.59. The number of hydrogen-bond donors (Lipinski definition) is 2. The molecule has 0 aliphatic heterocycles. The molecule has 0 unspecified atom stereocenters. The Labute approximate surface area is 154 Å². The van der Waals surface area contributed by atoms with Crippen LogP contribution in [0.15, 0.2) is 48.6 Å². The molecule has 0 aliphatic carbocycles. The molecule has 3 nitrogen and oxygen atoms in total. The Balaban J connectivity index is 3.44. The fourth-order valence-corrected chi connectivity index (χ4v) is 2.23. The third-order valence-corrected chi connectivity index (χ3v) is 3.67. The summed E-state index contributed by atoms with van der Waals surface area (Å²) in [7, 11) is 0. The molecule has 0 atom stereocenters. The first-order valence-electron chi connectivity index (χ1n) is 9.78. The molecular formula is C22H37NO2. The lowest BCUT2D eigenvalue weighted by Gasteiger charge is -2.00. The third kappa shape index (κ3) is 20.3. The number of unbranched alkanes of at least 4 members (excludes halogenated alkanes) is 4. The first kappa shape index (κ1) is 23.4. The van der Waals surface area contributed by atoms with Crippen molar-refractivity contribution in [1.29, 1.82) is 0 Å². The predicted molar refractivity (Wildman–Crippen MR) is 108 cm³/mol. The fraction of sp³-hybridized carbons (Fsp3) is 0.591. The van der Waals surface area contributed by atoms with Gasteiger partial charge in [0.1, 0.15) is 0 Å². The van der Waals surface area contributed by atoms with Crippen LogP contribution >= 0.6 is 0 Å². The highest BCUT2D eigenvalue weighted by Crippen LogP contribution is 2.01. The van der Waals surface area contributed by atoms with Crippen LogP contribution in [0.4, 0.5) is 0 Å². The average molecular weight is 348 g/mol. The van der Waals surface area contributed by atoms with E-state index in [-0.39, 0.29) is 12.5 Å². The maximum absolute atomic E-state index is 11.3. The van der Waals surface area contributed by atoms with Crippen molar-refractivity contribution in [3.05, 3.63) is 48.6 Å². The van der Waals surface area contributed by atoms with Crippen LogP contribution < -0.4 is 5.32 Å². The number of rotatable bonds is 16. The number of carbonyl (C=O) groups is 1. The molecule has 0 aliphatic rings. The zero-order valence-corrected chi connectivity index (χ0v) is 16.0. The molecule has 3 heteroatoms. The van der Waals surface area contributed by atoms with Gasteiger partial charge in [-0.25, -0.2) is 0 Å². The molecule has 0 aromatic heterocycles. The molecule has 0 rings (SSSR count). The molecule has 0 aromatic carbocycles. The Morgan fingerprint density at radius 2 is 1.32 bits per heavy atom. The quantitative estimate of drug-likeness (QED) is 0.296. The molecule has 0 bridgehead atoms. The molecule has 0 saturated carbocycles. The van der Waals surface area contributed by atoms with Gasteiger partial charge >= 0.3 is 0 Å². The van der Waals surface area contributed by atoms with Crippen LogP contribution in [0, 0.1) is 0 Å². The maximum atomic E-state index is 11.3. The van der Waals surface area contributed by atoms with E-state index in [0.29, 0.717) is 13.0 Å². The Kier molecular flexibility index (Phi) is 19.1. The van der Waals surface area contributed by atoms with Crippen molar-refractivity contribution < 1.29 is 9.90 Å². The van der Waals surface area contributed by atoms with E-state index in [2.05, 4.69) is 60.8 Å². The highest BCUT2D eigenvalue weighted by molar-refractivity contribution is 5.75. The summed E-state index contributed by atoms with van der Waals surface area (Å²) in [5.41, 5.74) is 0. The second kappa shape index (κ2) is 20.4. The average Bonchev–Trinajstić information content (AvgIpc) is 2.62. The van der Waals surface area contributed by atoms with Gasteiger partial charge in [-0.15, -0.1) is 0 Å². The molecule has 0 aromatic rings. The molecule has 142 valence electrons. The molecule has 0 saturated heterocycles. The van der Waals surface area contributed by atoms with Crippen LogP contribution in [0.3, 0.4) is 0 Å². The minimum atomic E-state index is 0.00289. The second-order valence-electron chi connectivity index (χ2n) is 6.05. The van der Waals surface area contributed by atoms with Gasteiger partial charge in [0.2, 0.25) is 5.91 Å². The van der Waals surface area contributed by atoms with Crippen molar-refractivity contribution in [2.75, 3.05) is 13.2 Å². The minimum Gasteiger partial charge on any atom is -0.395 e. The Bertz CT molecular complexity index is 408. The predicted octanol–water partition coefficient (Wildman–Crippen LogP) is 5.24. The van der Waals surface area contributed by atoms with Crippen molar-refractivity contribution >= 4 is 5.91 Å². The Morgan fingerprint density at radius 3 is 1.84 bits per heavy atom. The van der Waals surface area contributed by atoms with E-state index >= 15 is 0 Å². The number of aliphatic hydroxyl groups is 1. The van der Waals surface area contributed by atoms with Gasteiger partial charge in [-0.2, -0.15) is 0 Å². The van der Waals surface area contributed by atoms with Gasteiger partial charge in [-0.05, 0) is 44.9 Å². The first-order valence-corrected chi connectivity index (χ1v) is 9.78. The maximum Gasteiger partial charge on any atom is 0.220 e. The molecule has 0 spiro atoms. The minimum absolute atomic E-state index is 0.00289. The lowest BCUT2D eigenvalue weighted by Crippen LogP contribution is -2.25. The van der Waals surface area contributed by atoms with E-state index in [1.54, 1.807) is 0 Å². The van der Waals surface area contributed by atoms with Crippen LogP contribution in [0.2, 0.25) is 0 Å². The lowest BCUT2D eigenvalue weighted by molar-refractivity contribution is -0.121. The lowest BCUT2D eigenvalue weighted by atomic mass is 10.2. The standard InChI is InChI=1S/C22H37NO2/c1-2-3-4-5-6-7-8-9-10-11-12-13-14-15-16-17-18-19-22(25)23-20-21-24/h6-7,9-10,12-13,15-16,24H,2-5,8,11,14,17-21H2,1H3,(H,23,25)/b7-6+,10-9-,13-12+,16-15+. The van der Waals surface area contributed by atoms with E-state index in [9.17, 15) is 4.79 Å². The number of nitrogens with one attached hydrogen (secondary N) is 1. The molecular weight excluding hydrogens is 310 g/mol. The van der Waals surface area contributed by atoms with Crippen LogP contribution in [0.25, 0.3) is 0 Å². The molecule has 0 radical (unpaired) electrons. The Morgan fingerprint density at radius 1 is 0.800 bits per heavy atom. The van der Waals surface area contributed by atoms with Gasteiger partial charge in [-0.1, -0.05) is 68.4 Å². The Hall–Kier alpha value is -1.61. The van der Waals surface area contributed by atoms with Crippen molar-refractivity contribution in [2.24, 2.45) is 0 Å². The SMILES string of the molecule is CCCCC/C=C/C/C=C\C/C=C/C/C=C/CCCC(=O)NCCO. The van der Waals surface area contributed by atoms with Gasteiger partial charge in [0.25, 0.3) is 0 Å².